The number of nitrogens with zero attached hydrogens (tertiary/aromatic N) is 2. The maximum absolute atomic E-state index is 13.4. The van der Waals surface area contributed by atoms with Crippen LogP contribution in [0.4, 0.5) is 5.69 Å². The molecule has 1 fully saturated rings. The Bertz CT molecular complexity index is 1520. The van der Waals surface area contributed by atoms with Gasteiger partial charge in [-0.25, -0.2) is 0 Å². The Balaban J connectivity index is 1.45. The van der Waals surface area contributed by atoms with Crippen molar-refractivity contribution in [2.75, 3.05) is 4.90 Å². The van der Waals surface area contributed by atoms with Crippen molar-refractivity contribution in [3.8, 4) is 0 Å². The molecule has 5 rings (SSSR count). The van der Waals surface area contributed by atoms with Crippen LogP contribution in [0.15, 0.2) is 83.1 Å². The topological polar surface area (TPSA) is 96.6 Å². The first-order valence-corrected chi connectivity index (χ1v) is 11.7. The summed E-state index contributed by atoms with van der Waals surface area (Å²) >= 11 is 11.2. The van der Waals surface area contributed by atoms with Gasteiger partial charge < -0.3 is 14.3 Å². The molecule has 180 valence electrons. The summed E-state index contributed by atoms with van der Waals surface area (Å²) < 4.78 is 7.02. The lowest BCUT2D eigenvalue weighted by molar-refractivity contribution is -0.123. The molecule has 1 aliphatic rings. The molecule has 0 radical (unpaired) electrons. The average Bonchev–Trinajstić information content (AvgIpc) is 3.50. The average molecular weight is 519 g/mol. The van der Waals surface area contributed by atoms with E-state index in [2.05, 4.69) is 10.6 Å². The fourth-order valence-corrected chi connectivity index (χ4v) is 4.38. The Morgan fingerprint density at radius 1 is 1.08 bits per heavy atom. The van der Waals surface area contributed by atoms with Crippen molar-refractivity contribution < 1.29 is 18.8 Å². The molecule has 1 saturated heterocycles. The van der Waals surface area contributed by atoms with Gasteiger partial charge in [0.15, 0.2) is 5.11 Å². The van der Waals surface area contributed by atoms with E-state index in [0.29, 0.717) is 22.0 Å². The fraction of sp³-hybridized carbons (Fsp3) is 0.0769. The SMILES string of the molecule is O=C(Cn1cc(C=C2C(=O)NC(=S)N(c3ccc(Cl)cc3)C2=O)c2ccccc21)NCc1ccco1. The highest BCUT2D eigenvalue weighted by molar-refractivity contribution is 7.80. The summed E-state index contributed by atoms with van der Waals surface area (Å²) in [5, 5.41) is 6.68. The molecule has 3 heterocycles. The monoisotopic (exact) mass is 518 g/mol. The van der Waals surface area contributed by atoms with Gasteiger partial charge in [0.2, 0.25) is 5.91 Å². The summed E-state index contributed by atoms with van der Waals surface area (Å²) in [4.78, 5) is 39.9. The Morgan fingerprint density at radius 2 is 1.86 bits per heavy atom. The number of nitrogens with one attached hydrogen (secondary N) is 2. The number of furan rings is 1. The quantitative estimate of drug-likeness (QED) is 0.228. The molecular weight excluding hydrogens is 500 g/mol. The van der Waals surface area contributed by atoms with Gasteiger partial charge in [-0.15, -0.1) is 0 Å². The van der Waals surface area contributed by atoms with Gasteiger partial charge in [0.05, 0.1) is 18.5 Å². The molecule has 4 aromatic rings. The Kier molecular flexibility index (Phi) is 6.41. The van der Waals surface area contributed by atoms with Crippen molar-refractivity contribution in [2.45, 2.75) is 13.1 Å². The number of hydrogen-bond acceptors (Lipinski definition) is 5. The maximum Gasteiger partial charge on any atom is 0.270 e. The van der Waals surface area contributed by atoms with E-state index in [1.165, 1.54) is 11.0 Å². The zero-order valence-corrected chi connectivity index (χ0v) is 20.3. The number of halogens is 1. The van der Waals surface area contributed by atoms with Crippen LogP contribution < -0.4 is 15.5 Å². The molecule has 0 unspecified atom stereocenters. The highest BCUT2D eigenvalue weighted by Crippen LogP contribution is 2.27. The third-order valence-corrected chi connectivity index (χ3v) is 6.20. The molecule has 0 aliphatic carbocycles. The van der Waals surface area contributed by atoms with E-state index in [4.69, 9.17) is 28.2 Å². The van der Waals surface area contributed by atoms with Crippen molar-refractivity contribution in [3.63, 3.8) is 0 Å². The number of anilines is 1. The van der Waals surface area contributed by atoms with Crippen molar-refractivity contribution in [1.82, 2.24) is 15.2 Å². The molecule has 8 nitrogen and oxygen atoms in total. The number of aromatic nitrogens is 1. The molecule has 0 spiro atoms. The number of carbonyl (C=O) groups is 3. The number of benzene rings is 2. The normalized spacial score (nSPS) is 15.0. The molecule has 0 saturated carbocycles. The Labute approximate surface area is 216 Å². The van der Waals surface area contributed by atoms with Gasteiger partial charge in [-0.3, -0.25) is 24.6 Å². The minimum absolute atomic E-state index is 0.0138. The molecule has 0 atom stereocenters. The predicted molar refractivity (Wildman–Crippen MR) is 140 cm³/mol. The van der Waals surface area contributed by atoms with Crippen LogP contribution in [0.3, 0.4) is 0 Å². The summed E-state index contributed by atoms with van der Waals surface area (Å²) in [5.74, 6) is -0.712. The number of carbonyl (C=O) groups excluding carboxylic acids is 3. The molecule has 2 aromatic carbocycles. The summed E-state index contributed by atoms with van der Waals surface area (Å²) in [6.45, 7) is 0.322. The Hall–Kier alpha value is -4.21. The highest BCUT2D eigenvalue weighted by atomic mass is 35.5. The number of thiocarbonyl (C=S) groups is 1. The van der Waals surface area contributed by atoms with Gasteiger partial charge in [0, 0.05) is 27.7 Å². The molecular formula is C26H19ClN4O4S. The van der Waals surface area contributed by atoms with E-state index in [0.717, 1.165) is 10.9 Å². The first kappa shape index (κ1) is 23.5. The van der Waals surface area contributed by atoms with Crippen LogP contribution in [0, 0.1) is 0 Å². The number of fused-ring (bicyclic) bond motifs is 1. The third-order valence-electron chi connectivity index (χ3n) is 5.66. The Morgan fingerprint density at radius 3 is 2.61 bits per heavy atom. The van der Waals surface area contributed by atoms with Crippen molar-refractivity contribution >= 4 is 69.3 Å². The molecule has 3 amide bonds. The zero-order valence-electron chi connectivity index (χ0n) is 18.7. The van der Waals surface area contributed by atoms with E-state index < -0.39 is 11.8 Å². The largest absolute Gasteiger partial charge is 0.467 e. The summed E-state index contributed by atoms with van der Waals surface area (Å²) in [5.41, 5.74) is 1.80. The highest BCUT2D eigenvalue weighted by Gasteiger charge is 2.34. The maximum atomic E-state index is 13.4. The summed E-state index contributed by atoms with van der Waals surface area (Å²) in [6.07, 6.45) is 4.80. The lowest BCUT2D eigenvalue weighted by Gasteiger charge is -2.28. The third kappa shape index (κ3) is 4.66. The predicted octanol–water partition coefficient (Wildman–Crippen LogP) is 4.04. The van der Waals surface area contributed by atoms with Crippen LogP contribution in [0.25, 0.3) is 17.0 Å². The number of para-hydroxylation sites is 1. The summed E-state index contributed by atoms with van der Waals surface area (Å²) in [7, 11) is 0. The molecule has 1 aliphatic heterocycles. The van der Waals surface area contributed by atoms with Crippen LogP contribution in [-0.2, 0) is 27.5 Å². The molecule has 2 aromatic heterocycles. The van der Waals surface area contributed by atoms with Crippen molar-refractivity contribution in [3.05, 3.63) is 95.0 Å². The number of rotatable bonds is 6. The molecule has 36 heavy (non-hydrogen) atoms. The van der Waals surface area contributed by atoms with Crippen LogP contribution in [0.1, 0.15) is 11.3 Å². The van der Waals surface area contributed by atoms with E-state index in [-0.39, 0.29) is 29.7 Å². The second-order valence-electron chi connectivity index (χ2n) is 8.02. The standard InChI is InChI=1S/C26H19ClN4O4S/c27-17-7-9-18(10-8-17)31-25(34)21(24(33)29-26(31)36)12-16-14-30(22-6-2-1-5-20(16)22)15-23(32)28-13-19-4-3-11-35-19/h1-12,14H,13,15H2,(H,28,32)(H,29,33,36). The minimum atomic E-state index is -0.594. The van der Waals surface area contributed by atoms with Crippen molar-refractivity contribution in [1.29, 1.82) is 0 Å². The van der Waals surface area contributed by atoms with Crippen LogP contribution >= 0.6 is 23.8 Å². The first-order valence-electron chi connectivity index (χ1n) is 10.9. The molecule has 2 N–H and O–H groups in total. The van der Waals surface area contributed by atoms with Gasteiger partial charge in [-0.2, -0.15) is 0 Å². The van der Waals surface area contributed by atoms with Crippen LogP contribution in [-0.4, -0.2) is 27.4 Å². The van der Waals surface area contributed by atoms with Crippen LogP contribution in [0.2, 0.25) is 5.02 Å². The van der Waals surface area contributed by atoms with E-state index in [9.17, 15) is 14.4 Å². The van der Waals surface area contributed by atoms with Crippen LogP contribution in [0.5, 0.6) is 0 Å². The lowest BCUT2D eigenvalue weighted by atomic mass is 10.1. The number of hydrogen-bond donors (Lipinski definition) is 2. The van der Waals surface area contributed by atoms with Gasteiger partial charge in [-0.1, -0.05) is 29.8 Å². The van der Waals surface area contributed by atoms with Gasteiger partial charge in [0.1, 0.15) is 17.9 Å². The zero-order chi connectivity index (χ0) is 25.2. The second-order valence-corrected chi connectivity index (χ2v) is 8.84. The number of amides is 3. The van der Waals surface area contributed by atoms with Gasteiger partial charge in [-0.05, 0) is 60.8 Å². The van der Waals surface area contributed by atoms with Crippen molar-refractivity contribution in [2.24, 2.45) is 0 Å². The van der Waals surface area contributed by atoms with Gasteiger partial charge >= 0.3 is 0 Å². The minimum Gasteiger partial charge on any atom is -0.467 e. The summed E-state index contributed by atoms with van der Waals surface area (Å²) in [6, 6.07) is 17.5. The van der Waals surface area contributed by atoms with E-state index in [1.54, 1.807) is 53.4 Å². The smallest absolute Gasteiger partial charge is 0.270 e. The van der Waals surface area contributed by atoms with E-state index in [1.807, 2.05) is 24.3 Å². The lowest BCUT2D eigenvalue weighted by Crippen LogP contribution is -2.54. The molecule has 0 bridgehead atoms. The fourth-order valence-electron chi connectivity index (χ4n) is 3.97. The second kappa shape index (κ2) is 9.80. The molecule has 10 heteroatoms. The first-order chi connectivity index (χ1) is 17.4. The van der Waals surface area contributed by atoms with E-state index >= 15 is 0 Å². The van der Waals surface area contributed by atoms with Gasteiger partial charge in [0.25, 0.3) is 11.8 Å².